The second-order valence-electron chi connectivity index (χ2n) is 6.12. The lowest BCUT2D eigenvalue weighted by Gasteiger charge is -2.12. The molecule has 11 heteroatoms. The Kier molecular flexibility index (Phi) is 6.14. The molecule has 0 saturated heterocycles. The maximum atomic E-state index is 13.1. The van der Waals surface area contributed by atoms with Gasteiger partial charge in [-0.3, -0.25) is 19.8 Å². The number of aromatic amines is 2. The average Bonchev–Trinajstić information content (AvgIpc) is 2.69. The maximum absolute atomic E-state index is 13.1. The van der Waals surface area contributed by atoms with Crippen LogP contribution >= 0.6 is 0 Å². The molecule has 0 spiro atoms. The summed E-state index contributed by atoms with van der Waals surface area (Å²) in [6.07, 6.45) is -3.82. The number of hydrogen-bond acceptors (Lipinski definition) is 6. The van der Waals surface area contributed by atoms with E-state index in [4.69, 9.17) is 9.47 Å². The molecule has 162 valence electrons. The molecule has 0 fully saturated rings. The molecule has 3 N–H and O–H groups in total. The molecule has 31 heavy (non-hydrogen) atoms. The highest BCUT2D eigenvalue weighted by Crippen LogP contribution is 2.38. The maximum Gasteiger partial charge on any atom is 0.416 e. The number of hydrogen-bond donors (Lipinski definition) is 3. The lowest BCUT2D eigenvalue weighted by atomic mass is 10.1. The highest BCUT2D eigenvalue weighted by atomic mass is 19.4. The zero-order chi connectivity index (χ0) is 22.6. The van der Waals surface area contributed by atoms with Crippen LogP contribution in [0.25, 0.3) is 0 Å². The van der Waals surface area contributed by atoms with Gasteiger partial charge < -0.3 is 14.6 Å². The van der Waals surface area contributed by atoms with Crippen molar-refractivity contribution in [2.24, 2.45) is 4.99 Å². The van der Waals surface area contributed by atoms with Crippen LogP contribution in [0.3, 0.4) is 0 Å². The summed E-state index contributed by atoms with van der Waals surface area (Å²) in [5, 5.41) is 9.72. The molecule has 3 rings (SSSR count). The zero-order valence-electron chi connectivity index (χ0n) is 16.0. The number of alkyl halides is 3. The third-order valence-electron chi connectivity index (χ3n) is 3.94. The second-order valence-corrected chi connectivity index (χ2v) is 6.12. The minimum atomic E-state index is -4.64. The van der Waals surface area contributed by atoms with Gasteiger partial charge in [-0.2, -0.15) is 13.2 Å². The van der Waals surface area contributed by atoms with Crippen LogP contribution in [0.5, 0.6) is 23.1 Å². The molecule has 1 heterocycles. The fraction of sp³-hybridized carbons (Fsp3) is 0.150. The van der Waals surface area contributed by atoms with Gasteiger partial charge in [-0.1, -0.05) is 0 Å². The molecule has 0 aliphatic rings. The summed E-state index contributed by atoms with van der Waals surface area (Å²) in [5.41, 5.74) is -3.60. The monoisotopic (exact) mass is 435 g/mol. The molecule has 3 aromatic rings. The van der Waals surface area contributed by atoms with Gasteiger partial charge in [0, 0.05) is 6.21 Å². The number of aromatic hydroxyl groups is 1. The predicted molar refractivity (Wildman–Crippen MR) is 106 cm³/mol. The first kappa shape index (κ1) is 21.7. The van der Waals surface area contributed by atoms with Crippen LogP contribution in [0.2, 0.25) is 0 Å². The summed E-state index contributed by atoms with van der Waals surface area (Å²) >= 11 is 0. The molecule has 0 radical (unpaired) electrons. The van der Waals surface area contributed by atoms with Crippen molar-refractivity contribution in [3.63, 3.8) is 0 Å². The Morgan fingerprint density at radius 2 is 1.74 bits per heavy atom. The molecule has 8 nitrogen and oxygen atoms in total. The Bertz CT molecular complexity index is 1210. The Hall–Kier alpha value is -4.02. The molecule has 0 atom stereocenters. The van der Waals surface area contributed by atoms with Crippen molar-refractivity contribution in [1.29, 1.82) is 0 Å². The highest BCUT2D eigenvalue weighted by Gasteiger charge is 2.31. The van der Waals surface area contributed by atoms with E-state index in [0.29, 0.717) is 18.1 Å². The smallest absolute Gasteiger partial charge is 0.416 e. The summed E-state index contributed by atoms with van der Waals surface area (Å²) in [6, 6.07) is 9.03. The molecule has 0 aliphatic heterocycles. The van der Waals surface area contributed by atoms with E-state index in [1.165, 1.54) is 0 Å². The third kappa shape index (κ3) is 5.32. The SMILES string of the molecule is CCOc1ccc(Oc2ccc(C(F)(F)F)cc2N=Cc2c(O)[nH]c(=O)[nH]c2=O)cc1. The molecular formula is C20H16F3N3O5. The second kappa shape index (κ2) is 8.78. The van der Waals surface area contributed by atoms with Crippen LogP contribution in [0, 0.1) is 0 Å². The molecule has 2 aromatic carbocycles. The first-order valence-corrected chi connectivity index (χ1v) is 8.89. The molecule has 1 aromatic heterocycles. The van der Waals surface area contributed by atoms with Crippen LogP contribution in [0.15, 0.2) is 57.0 Å². The Labute approximate surface area is 172 Å². The van der Waals surface area contributed by atoms with E-state index in [1.54, 1.807) is 24.3 Å². The van der Waals surface area contributed by atoms with Gasteiger partial charge in [-0.05, 0) is 49.4 Å². The quantitative estimate of drug-likeness (QED) is 0.510. The van der Waals surface area contributed by atoms with E-state index in [1.807, 2.05) is 16.9 Å². The molecule has 0 unspecified atom stereocenters. The summed E-state index contributed by atoms with van der Waals surface area (Å²) < 4.78 is 50.4. The number of nitrogens with one attached hydrogen (secondary N) is 2. The van der Waals surface area contributed by atoms with Crippen molar-refractivity contribution in [2.75, 3.05) is 6.61 Å². The molecule has 0 aliphatic carbocycles. The molecular weight excluding hydrogens is 419 g/mol. The number of halogens is 3. The van der Waals surface area contributed by atoms with Gasteiger partial charge in [0.15, 0.2) is 5.75 Å². The summed E-state index contributed by atoms with van der Waals surface area (Å²) in [6.45, 7) is 2.29. The van der Waals surface area contributed by atoms with Gasteiger partial charge in [-0.25, -0.2) is 4.79 Å². The lowest BCUT2D eigenvalue weighted by Crippen LogP contribution is -2.24. The fourth-order valence-corrected chi connectivity index (χ4v) is 2.52. The summed E-state index contributed by atoms with van der Waals surface area (Å²) in [7, 11) is 0. The Morgan fingerprint density at radius 3 is 2.35 bits per heavy atom. The van der Waals surface area contributed by atoms with Gasteiger partial charge in [-0.15, -0.1) is 0 Å². The number of ether oxygens (including phenoxy) is 2. The van der Waals surface area contributed by atoms with Crippen LogP contribution in [-0.4, -0.2) is 27.9 Å². The van der Waals surface area contributed by atoms with Crippen molar-refractivity contribution in [3.05, 3.63) is 74.4 Å². The van der Waals surface area contributed by atoms with Crippen LogP contribution in [0.4, 0.5) is 18.9 Å². The van der Waals surface area contributed by atoms with Crippen LogP contribution in [-0.2, 0) is 6.18 Å². The largest absolute Gasteiger partial charge is 0.494 e. The Morgan fingerprint density at radius 1 is 1.06 bits per heavy atom. The predicted octanol–water partition coefficient (Wildman–Crippen LogP) is 3.73. The van der Waals surface area contributed by atoms with Crippen molar-refractivity contribution < 1.29 is 27.8 Å². The van der Waals surface area contributed by atoms with Crippen molar-refractivity contribution in [1.82, 2.24) is 9.97 Å². The summed E-state index contributed by atoms with van der Waals surface area (Å²) in [5.74, 6) is 0.0879. The van der Waals surface area contributed by atoms with Gasteiger partial charge >= 0.3 is 11.9 Å². The van der Waals surface area contributed by atoms with Gasteiger partial charge in [0.05, 0.1) is 12.2 Å². The van der Waals surface area contributed by atoms with Gasteiger partial charge in [0.25, 0.3) is 5.56 Å². The van der Waals surface area contributed by atoms with E-state index in [9.17, 15) is 27.9 Å². The van der Waals surface area contributed by atoms with E-state index < -0.39 is 34.4 Å². The first-order valence-electron chi connectivity index (χ1n) is 8.89. The van der Waals surface area contributed by atoms with Crippen LogP contribution in [0.1, 0.15) is 18.1 Å². The topological polar surface area (TPSA) is 117 Å². The van der Waals surface area contributed by atoms with Crippen molar-refractivity contribution >= 4 is 11.9 Å². The molecule has 0 amide bonds. The standard InChI is InChI=1S/C20H16F3N3O5/c1-2-30-12-4-6-13(7-5-12)31-16-8-3-11(20(21,22)23)9-15(16)24-10-14-17(27)25-19(29)26-18(14)28/h3-10H,2H2,1H3,(H3,25,26,27,28,29). The molecule has 0 saturated carbocycles. The first-order chi connectivity index (χ1) is 14.7. The number of aromatic nitrogens is 2. The van der Waals surface area contributed by atoms with E-state index in [2.05, 4.69) is 4.99 Å². The number of nitrogens with zero attached hydrogens (tertiary/aromatic N) is 1. The minimum absolute atomic E-state index is 0.0336. The Balaban J connectivity index is 2.00. The number of benzene rings is 2. The lowest BCUT2D eigenvalue weighted by molar-refractivity contribution is -0.137. The zero-order valence-corrected chi connectivity index (χ0v) is 16.0. The minimum Gasteiger partial charge on any atom is -0.494 e. The molecule has 0 bridgehead atoms. The average molecular weight is 435 g/mol. The number of H-pyrrole nitrogens is 2. The van der Waals surface area contributed by atoms with Crippen LogP contribution < -0.4 is 20.7 Å². The van der Waals surface area contributed by atoms with Crippen molar-refractivity contribution in [3.8, 4) is 23.1 Å². The van der Waals surface area contributed by atoms with E-state index >= 15 is 0 Å². The van der Waals surface area contributed by atoms with Crippen molar-refractivity contribution in [2.45, 2.75) is 13.1 Å². The highest BCUT2D eigenvalue weighted by molar-refractivity contribution is 5.84. The van der Waals surface area contributed by atoms with Gasteiger partial charge in [0.1, 0.15) is 22.7 Å². The summed E-state index contributed by atoms with van der Waals surface area (Å²) in [4.78, 5) is 30.7. The van der Waals surface area contributed by atoms with E-state index in [-0.39, 0.29) is 11.4 Å². The van der Waals surface area contributed by atoms with E-state index in [0.717, 1.165) is 24.4 Å². The normalized spacial score (nSPS) is 11.6. The number of rotatable bonds is 6. The fourth-order valence-electron chi connectivity index (χ4n) is 2.52. The number of aliphatic imine (C=N–C) groups is 1. The third-order valence-corrected chi connectivity index (χ3v) is 3.94. The van der Waals surface area contributed by atoms with Gasteiger partial charge in [0.2, 0.25) is 5.88 Å².